The molecule has 0 fully saturated rings. The summed E-state index contributed by atoms with van der Waals surface area (Å²) >= 11 is 0. The molecule has 3 rings (SSSR count). The number of carbonyl (C=O) groups excluding carboxylic acids is 2. The molecular weight excluding hydrogens is 392 g/mol. The van der Waals surface area contributed by atoms with Crippen molar-refractivity contribution in [3.8, 4) is 17.6 Å². The first-order valence-corrected chi connectivity index (χ1v) is 9.45. The molecule has 154 valence electrons. The number of ether oxygens (including phenoxy) is 2. The summed E-state index contributed by atoms with van der Waals surface area (Å²) in [4.78, 5) is 23.7. The smallest absolute Gasteiger partial charge is 0.343 e. The maximum Gasteiger partial charge on any atom is 0.343 e. The first kappa shape index (κ1) is 21.3. The van der Waals surface area contributed by atoms with Crippen molar-refractivity contribution in [2.24, 2.45) is 0 Å². The number of nitrogens with one attached hydrogen (secondary N) is 1. The molecule has 0 aliphatic carbocycles. The van der Waals surface area contributed by atoms with E-state index in [1.807, 2.05) is 18.2 Å². The highest BCUT2D eigenvalue weighted by atomic mass is 16.5. The van der Waals surface area contributed by atoms with Crippen LogP contribution < -0.4 is 14.8 Å². The number of benzene rings is 3. The third-order valence-electron chi connectivity index (χ3n) is 4.32. The zero-order valence-electron chi connectivity index (χ0n) is 17.1. The monoisotopic (exact) mass is 412 g/mol. The highest BCUT2D eigenvalue weighted by Gasteiger charge is 2.11. The Morgan fingerprint density at radius 1 is 1.00 bits per heavy atom. The van der Waals surface area contributed by atoms with Crippen molar-refractivity contribution < 1.29 is 19.1 Å². The van der Waals surface area contributed by atoms with Crippen molar-refractivity contribution in [1.29, 1.82) is 5.26 Å². The molecule has 6 nitrogen and oxygen atoms in total. The van der Waals surface area contributed by atoms with E-state index in [2.05, 4.69) is 11.4 Å². The molecule has 31 heavy (non-hydrogen) atoms. The van der Waals surface area contributed by atoms with Gasteiger partial charge in [-0.05, 0) is 54.1 Å². The largest absolute Gasteiger partial charge is 0.496 e. The number of anilines is 1. The lowest BCUT2D eigenvalue weighted by Crippen LogP contribution is -2.10. The van der Waals surface area contributed by atoms with Crippen LogP contribution in [0.3, 0.4) is 0 Å². The molecule has 3 aromatic rings. The molecule has 0 atom stereocenters. The number of nitrogens with zero attached hydrogens (tertiary/aromatic N) is 1. The summed E-state index contributed by atoms with van der Waals surface area (Å²) < 4.78 is 10.8. The van der Waals surface area contributed by atoms with Gasteiger partial charge in [-0.2, -0.15) is 5.26 Å². The van der Waals surface area contributed by atoms with E-state index in [1.165, 1.54) is 6.92 Å². The van der Waals surface area contributed by atoms with Crippen LogP contribution in [0.1, 0.15) is 28.4 Å². The number of hydrogen-bond donors (Lipinski definition) is 1. The van der Waals surface area contributed by atoms with Gasteiger partial charge >= 0.3 is 5.97 Å². The number of carbonyl (C=O) groups is 2. The summed E-state index contributed by atoms with van der Waals surface area (Å²) in [5.74, 6) is 0.143. The summed E-state index contributed by atoms with van der Waals surface area (Å²) in [5.41, 5.74) is 2.60. The molecule has 0 aliphatic rings. The maximum atomic E-state index is 12.5. The average Bonchev–Trinajstić information content (AvgIpc) is 2.77. The topological polar surface area (TPSA) is 88.4 Å². The molecule has 0 spiro atoms. The van der Waals surface area contributed by atoms with Gasteiger partial charge < -0.3 is 14.8 Å². The molecule has 0 aromatic heterocycles. The van der Waals surface area contributed by atoms with E-state index >= 15 is 0 Å². The highest BCUT2D eigenvalue weighted by molar-refractivity contribution is 5.95. The minimum atomic E-state index is -0.557. The number of methoxy groups -OCH3 is 1. The van der Waals surface area contributed by atoms with Gasteiger partial charge in [0.25, 0.3) is 0 Å². The van der Waals surface area contributed by atoms with Gasteiger partial charge in [0.1, 0.15) is 11.5 Å². The zero-order chi connectivity index (χ0) is 22.2. The average molecular weight is 412 g/mol. The fourth-order valence-electron chi connectivity index (χ4n) is 2.97. The van der Waals surface area contributed by atoms with E-state index in [0.717, 1.165) is 0 Å². The van der Waals surface area contributed by atoms with Gasteiger partial charge in [0.05, 0.1) is 24.3 Å². The first-order chi connectivity index (χ1) is 15.0. The van der Waals surface area contributed by atoms with Crippen LogP contribution in [0, 0.1) is 11.3 Å². The molecule has 0 radical (unpaired) electrons. The maximum absolute atomic E-state index is 12.5. The lowest BCUT2D eigenvalue weighted by molar-refractivity contribution is -0.114. The number of hydrogen-bond acceptors (Lipinski definition) is 5. The summed E-state index contributed by atoms with van der Waals surface area (Å²) in [6.45, 7) is 1.39. The van der Waals surface area contributed by atoms with Crippen LogP contribution in [0.25, 0.3) is 11.6 Å². The number of para-hydroxylation sites is 1. The second-order valence-corrected chi connectivity index (χ2v) is 6.59. The Kier molecular flexibility index (Phi) is 6.82. The van der Waals surface area contributed by atoms with Gasteiger partial charge in [-0.1, -0.05) is 30.3 Å². The highest BCUT2D eigenvalue weighted by Crippen LogP contribution is 2.28. The zero-order valence-corrected chi connectivity index (χ0v) is 17.1. The third kappa shape index (κ3) is 5.58. The second kappa shape index (κ2) is 9.90. The van der Waals surface area contributed by atoms with Crippen molar-refractivity contribution in [1.82, 2.24) is 0 Å². The second-order valence-electron chi connectivity index (χ2n) is 6.59. The molecule has 0 saturated heterocycles. The quantitative estimate of drug-likeness (QED) is 0.268. The Hall–Kier alpha value is -4.37. The Bertz CT molecular complexity index is 1190. The molecule has 0 aliphatic heterocycles. The van der Waals surface area contributed by atoms with Gasteiger partial charge in [-0.3, -0.25) is 4.79 Å². The predicted molar refractivity (Wildman–Crippen MR) is 119 cm³/mol. The fraction of sp³-hybridized carbons (Fsp3) is 0.0800. The van der Waals surface area contributed by atoms with Gasteiger partial charge in [0, 0.05) is 18.2 Å². The summed E-state index contributed by atoms with van der Waals surface area (Å²) in [6, 6.07) is 22.8. The van der Waals surface area contributed by atoms with Crippen LogP contribution in [0.4, 0.5) is 5.69 Å². The third-order valence-corrected chi connectivity index (χ3v) is 4.32. The van der Waals surface area contributed by atoms with Crippen molar-refractivity contribution in [2.45, 2.75) is 6.92 Å². The van der Waals surface area contributed by atoms with Crippen LogP contribution in [-0.4, -0.2) is 19.0 Å². The molecule has 6 heteroatoms. The van der Waals surface area contributed by atoms with Crippen LogP contribution in [0.15, 0.2) is 72.8 Å². The van der Waals surface area contributed by atoms with E-state index in [9.17, 15) is 14.9 Å². The minimum Gasteiger partial charge on any atom is -0.496 e. The number of esters is 1. The van der Waals surface area contributed by atoms with Gasteiger partial charge in [-0.25, -0.2) is 4.79 Å². The molecule has 3 aromatic carbocycles. The summed E-state index contributed by atoms with van der Waals surface area (Å²) in [5, 5.41) is 12.3. The summed E-state index contributed by atoms with van der Waals surface area (Å²) in [7, 11) is 1.55. The Balaban J connectivity index is 1.83. The number of rotatable bonds is 6. The molecule has 0 heterocycles. The minimum absolute atomic E-state index is 0.228. The van der Waals surface area contributed by atoms with Gasteiger partial charge in [-0.15, -0.1) is 0 Å². The standard InChI is InChI=1S/C25H20N2O4/c1-17(28)27-21-9-6-8-19(15-21)25(29)31-22-10-5-7-18(14-22)13-20(16-26)23-11-3-4-12-24(23)30-2/h3-15H,1-2H3,(H,27,28)/b20-13-. The van der Waals surface area contributed by atoms with Crippen molar-refractivity contribution in [3.63, 3.8) is 0 Å². The normalized spacial score (nSPS) is 10.7. The fourth-order valence-corrected chi connectivity index (χ4v) is 2.97. The Labute approximate surface area is 180 Å². The van der Waals surface area contributed by atoms with E-state index in [4.69, 9.17) is 9.47 Å². The lowest BCUT2D eigenvalue weighted by Gasteiger charge is -2.08. The van der Waals surface area contributed by atoms with Crippen LogP contribution in [0.5, 0.6) is 11.5 Å². The number of amides is 1. The first-order valence-electron chi connectivity index (χ1n) is 9.45. The number of allylic oxidation sites excluding steroid dienone is 1. The van der Waals surface area contributed by atoms with Crippen LogP contribution in [0.2, 0.25) is 0 Å². The SMILES string of the molecule is COc1ccccc1/C(C#N)=C\c1cccc(OC(=O)c2cccc(NC(C)=O)c2)c1. The van der Waals surface area contributed by atoms with E-state index in [1.54, 1.807) is 67.8 Å². The van der Waals surface area contributed by atoms with Gasteiger partial charge in [0.2, 0.25) is 5.91 Å². The van der Waals surface area contributed by atoms with Crippen molar-refractivity contribution in [2.75, 3.05) is 12.4 Å². The van der Waals surface area contributed by atoms with Crippen molar-refractivity contribution >= 4 is 29.2 Å². The van der Waals surface area contributed by atoms with E-state index in [-0.39, 0.29) is 5.91 Å². The molecule has 0 bridgehead atoms. The van der Waals surface area contributed by atoms with Crippen LogP contribution >= 0.6 is 0 Å². The van der Waals surface area contributed by atoms with E-state index in [0.29, 0.717) is 39.4 Å². The van der Waals surface area contributed by atoms with Crippen LogP contribution in [-0.2, 0) is 4.79 Å². The Morgan fingerprint density at radius 3 is 2.52 bits per heavy atom. The molecular formula is C25H20N2O4. The summed E-state index contributed by atoms with van der Waals surface area (Å²) in [6.07, 6.45) is 1.70. The number of nitriles is 1. The molecule has 1 amide bonds. The lowest BCUT2D eigenvalue weighted by atomic mass is 10.0. The molecule has 0 unspecified atom stereocenters. The Morgan fingerprint density at radius 2 is 1.77 bits per heavy atom. The molecule has 1 N–H and O–H groups in total. The van der Waals surface area contributed by atoms with E-state index < -0.39 is 5.97 Å². The van der Waals surface area contributed by atoms with Crippen molar-refractivity contribution in [3.05, 3.63) is 89.5 Å². The predicted octanol–water partition coefficient (Wildman–Crippen LogP) is 4.94. The van der Waals surface area contributed by atoms with Gasteiger partial charge in [0.15, 0.2) is 0 Å². The molecule has 0 saturated carbocycles.